The van der Waals surface area contributed by atoms with Crippen molar-refractivity contribution in [1.29, 1.82) is 0 Å². The van der Waals surface area contributed by atoms with Gasteiger partial charge in [0.2, 0.25) is 0 Å². The van der Waals surface area contributed by atoms with Crippen LogP contribution in [0.4, 0.5) is 5.82 Å². The summed E-state index contributed by atoms with van der Waals surface area (Å²) < 4.78 is 7.74. The summed E-state index contributed by atoms with van der Waals surface area (Å²) in [7, 11) is 0. The predicted octanol–water partition coefficient (Wildman–Crippen LogP) is 4.60. The van der Waals surface area contributed by atoms with Gasteiger partial charge >= 0.3 is 0 Å². The fourth-order valence-corrected chi connectivity index (χ4v) is 5.30. The van der Waals surface area contributed by atoms with Crippen LogP contribution in [0.1, 0.15) is 103 Å². The number of aliphatic hydroxyl groups is 3. The maximum Gasteiger partial charge on any atom is 0.176 e. The van der Waals surface area contributed by atoms with Crippen molar-refractivity contribution < 1.29 is 20.1 Å². The molecule has 2 aromatic heterocycles. The van der Waals surface area contributed by atoms with Crippen LogP contribution in [0, 0.1) is 0 Å². The number of aromatic nitrogens is 4. The summed E-state index contributed by atoms with van der Waals surface area (Å²) in [4.78, 5) is 12.6. The van der Waals surface area contributed by atoms with Gasteiger partial charge in [-0.25, -0.2) is 15.0 Å². The van der Waals surface area contributed by atoms with Gasteiger partial charge < -0.3 is 25.8 Å². The number of rotatable bonds is 18. The van der Waals surface area contributed by atoms with Crippen molar-refractivity contribution in [2.24, 2.45) is 0 Å². The molecule has 37 heavy (non-hydrogen) atoms. The van der Waals surface area contributed by atoms with Gasteiger partial charge in [0.15, 0.2) is 17.2 Å². The third-order valence-corrected chi connectivity index (χ3v) is 7.52. The molecule has 2 aromatic rings. The van der Waals surface area contributed by atoms with E-state index in [1.165, 1.54) is 76.9 Å². The van der Waals surface area contributed by atoms with E-state index >= 15 is 0 Å². The second kappa shape index (κ2) is 15.4. The van der Waals surface area contributed by atoms with Crippen molar-refractivity contribution in [3.63, 3.8) is 0 Å². The van der Waals surface area contributed by atoms with Crippen molar-refractivity contribution in [3.8, 4) is 0 Å². The number of anilines is 1. The highest BCUT2D eigenvalue weighted by atomic mass is 16.6. The number of imidazole rings is 1. The quantitative estimate of drug-likeness (QED) is 0.166. The van der Waals surface area contributed by atoms with E-state index in [0.717, 1.165) is 25.7 Å². The monoisotopic (exact) mass is 517 g/mol. The number of nitrogen functional groups attached to an aromatic ring is 1. The summed E-state index contributed by atoms with van der Waals surface area (Å²) in [5.41, 5.74) is 5.52. The van der Waals surface area contributed by atoms with Gasteiger partial charge in [-0.3, -0.25) is 4.57 Å². The molecule has 3 heterocycles. The van der Waals surface area contributed by atoms with Crippen molar-refractivity contribution in [1.82, 2.24) is 19.5 Å². The zero-order valence-corrected chi connectivity index (χ0v) is 22.5. The average Bonchev–Trinajstić information content (AvgIpc) is 3.45. The Morgan fingerprint density at radius 3 is 2.16 bits per heavy atom. The Hall–Kier alpha value is -2.07. The minimum atomic E-state index is -1.27. The minimum Gasteiger partial charge on any atom is -0.394 e. The number of nitrogens with zero attached hydrogens (tertiary/aromatic N) is 4. The molecule has 1 fully saturated rings. The van der Waals surface area contributed by atoms with Crippen LogP contribution in [0.5, 0.6) is 0 Å². The van der Waals surface area contributed by atoms with E-state index in [-0.39, 0.29) is 5.82 Å². The normalized spacial score (nSPS) is 24.1. The Bertz CT molecular complexity index is 952. The largest absolute Gasteiger partial charge is 0.394 e. The molecule has 1 aliphatic heterocycles. The molecule has 0 aliphatic carbocycles. The van der Waals surface area contributed by atoms with Crippen molar-refractivity contribution in [2.45, 2.75) is 127 Å². The van der Waals surface area contributed by atoms with Gasteiger partial charge in [-0.15, -0.1) is 0 Å². The number of fused-ring (bicyclic) bond motifs is 1. The topological polar surface area (TPSA) is 140 Å². The molecule has 0 saturated carbocycles. The summed E-state index contributed by atoms with van der Waals surface area (Å²) in [5, 5.41) is 31.2. The first-order chi connectivity index (χ1) is 18.0. The van der Waals surface area contributed by atoms with E-state index in [1.807, 2.05) is 0 Å². The number of aliphatic hydroxyl groups excluding tert-OH is 3. The van der Waals surface area contributed by atoms with Crippen LogP contribution in [0.25, 0.3) is 11.2 Å². The van der Waals surface area contributed by atoms with Gasteiger partial charge in [-0.1, -0.05) is 76.9 Å². The second-order valence-corrected chi connectivity index (χ2v) is 10.4. The molecule has 3 rings (SSSR count). The molecule has 1 saturated heterocycles. The average molecular weight is 518 g/mol. The molecule has 0 spiro atoms. The third kappa shape index (κ3) is 7.72. The summed E-state index contributed by atoms with van der Waals surface area (Å²) in [6, 6.07) is 0. The van der Waals surface area contributed by atoms with Crippen molar-refractivity contribution in [3.05, 3.63) is 24.8 Å². The zero-order valence-electron chi connectivity index (χ0n) is 22.5. The molecule has 208 valence electrons. The first-order valence-electron chi connectivity index (χ1n) is 14.3. The summed E-state index contributed by atoms with van der Waals surface area (Å²) in [6.07, 6.45) is 21.6. The molecular formula is C28H47N5O4. The third-order valence-electron chi connectivity index (χ3n) is 7.52. The van der Waals surface area contributed by atoms with Crippen LogP contribution in [0.3, 0.4) is 0 Å². The molecule has 0 amide bonds. The van der Waals surface area contributed by atoms with Crippen molar-refractivity contribution >= 4 is 17.0 Å². The van der Waals surface area contributed by atoms with Crippen LogP contribution in [-0.4, -0.2) is 59.8 Å². The SMILES string of the molecule is CCCCCCCC/C=C\CCCCCCCC[C@@]1(n2cnc3c(N)ncnc32)O[C@H](CO)[C@@H](O)[C@H]1O. The Balaban J connectivity index is 1.40. The molecule has 1 aliphatic rings. The Morgan fingerprint density at radius 2 is 1.54 bits per heavy atom. The smallest absolute Gasteiger partial charge is 0.176 e. The Morgan fingerprint density at radius 1 is 0.919 bits per heavy atom. The molecule has 9 nitrogen and oxygen atoms in total. The zero-order chi connectivity index (χ0) is 26.5. The van der Waals surface area contributed by atoms with Gasteiger partial charge in [0.05, 0.1) is 12.9 Å². The van der Waals surface area contributed by atoms with Crippen LogP contribution in [-0.2, 0) is 10.5 Å². The molecule has 0 radical (unpaired) electrons. The molecule has 9 heteroatoms. The number of ether oxygens (including phenoxy) is 1. The predicted molar refractivity (Wildman–Crippen MR) is 146 cm³/mol. The van der Waals surface area contributed by atoms with Gasteiger partial charge in [0.1, 0.15) is 30.2 Å². The molecule has 0 bridgehead atoms. The number of hydrogen-bond acceptors (Lipinski definition) is 8. The van der Waals surface area contributed by atoms with Crippen LogP contribution in [0.15, 0.2) is 24.8 Å². The van der Waals surface area contributed by atoms with Gasteiger partial charge in [-0.2, -0.15) is 0 Å². The Labute approximate surface area is 221 Å². The molecule has 0 unspecified atom stereocenters. The van der Waals surface area contributed by atoms with Crippen LogP contribution in [0.2, 0.25) is 0 Å². The second-order valence-electron chi connectivity index (χ2n) is 10.4. The van der Waals surface area contributed by atoms with Gasteiger partial charge in [-0.05, 0) is 38.5 Å². The highest BCUT2D eigenvalue weighted by Gasteiger charge is 2.55. The molecular weight excluding hydrogens is 470 g/mol. The summed E-state index contributed by atoms with van der Waals surface area (Å²) in [5.74, 6) is 0.239. The molecule has 0 aromatic carbocycles. The first-order valence-corrected chi connectivity index (χ1v) is 14.3. The van der Waals surface area contributed by atoms with E-state index in [9.17, 15) is 15.3 Å². The first kappa shape index (κ1) is 29.5. The van der Waals surface area contributed by atoms with Gasteiger partial charge in [0.25, 0.3) is 0 Å². The lowest BCUT2D eigenvalue weighted by molar-refractivity contribution is -0.151. The fraction of sp³-hybridized carbons (Fsp3) is 0.750. The lowest BCUT2D eigenvalue weighted by Gasteiger charge is -2.34. The van der Waals surface area contributed by atoms with E-state index in [2.05, 4.69) is 34.0 Å². The molecule has 4 atom stereocenters. The highest BCUT2D eigenvalue weighted by Crippen LogP contribution is 2.41. The summed E-state index contributed by atoms with van der Waals surface area (Å²) >= 11 is 0. The standard InChI is InChI=1S/C28H47N5O4/c1-2-3-4-5-6-7-8-9-10-11-12-13-14-15-16-17-18-28(25(36)24(35)22(19-34)37-28)33-21-32-23-26(29)30-20-31-27(23)33/h9-10,20-22,24-25,34-36H,2-8,11-19H2,1H3,(H2,29,30,31)/b10-9-/t22-,24-,25-,28-/m1/s1. The minimum absolute atomic E-state index is 0.239. The van der Waals surface area contributed by atoms with E-state index in [4.69, 9.17) is 10.5 Å². The van der Waals surface area contributed by atoms with Crippen LogP contribution >= 0.6 is 0 Å². The van der Waals surface area contributed by atoms with Crippen molar-refractivity contribution in [2.75, 3.05) is 12.3 Å². The van der Waals surface area contributed by atoms with E-state index in [1.54, 1.807) is 4.57 Å². The Kier molecular flexibility index (Phi) is 12.2. The van der Waals surface area contributed by atoms with Gasteiger partial charge in [0, 0.05) is 0 Å². The highest BCUT2D eigenvalue weighted by molar-refractivity contribution is 5.81. The van der Waals surface area contributed by atoms with Crippen LogP contribution < -0.4 is 5.73 Å². The maximum absolute atomic E-state index is 11.0. The fourth-order valence-electron chi connectivity index (χ4n) is 5.30. The number of hydrogen-bond donors (Lipinski definition) is 4. The lowest BCUT2D eigenvalue weighted by atomic mass is 9.95. The van der Waals surface area contributed by atoms with E-state index < -0.39 is 30.6 Å². The number of allylic oxidation sites excluding steroid dienone is 2. The maximum atomic E-state index is 11.0. The lowest BCUT2D eigenvalue weighted by Crippen LogP contribution is -2.45. The number of nitrogens with two attached hydrogens (primary N) is 1. The summed E-state index contributed by atoms with van der Waals surface area (Å²) in [6.45, 7) is 1.86. The molecule has 5 N–H and O–H groups in total. The number of unbranched alkanes of at least 4 members (excludes halogenated alkanes) is 12. The van der Waals surface area contributed by atoms with E-state index in [0.29, 0.717) is 17.6 Å².